The first-order chi connectivity index (χ1) is 5.83. The maximum Gasteiger partial charge on any atom is 0.132 e. The minimum atomic E-state index is 0.353. The number of hydrogen-bond acceptors (Lipinski definition) is 3. The molecule has 0 spiro atoms. The van der Waals surface area contributed by atoms with E-state index in [0.717, 1.165) is 17.8 Å². The second-order valence-corrected chi connectivity index (χ2v) is 3.65. The molecule has 0 saturated heterocycles. The maximum absolute atomic E-state index is 10.9. The lowest BCUT2D eigenvalue weighted by atomic mass is 10.1. The van der Waals surface area contributed by atoms with E-state index in [0.29, 0.717) is 18.6 Å². The minimum Gasteiger partial charge on any atom is -0.300 e. The van der Waals surface area contributed by atoms with E-state index >= 15 is 0 Å². The molecule has 3 heteroatoms. The number of rotatable bonds is 5. The third-order valence-electron chi connectivity index (χ3n) is 1.72. The topological polar surface area (TPSA) is 30.0 Å². The molecule has 0 radical (unpaired) electrons. The van der Waals surface area contributed by atoms with Gasteiger partial charge in [0, 0.05) is 24.4 Å². The number of aryl methyl sites for hydroxylation is 1. The van der Waals surface area contributed by atoms with Gasteiger partial charge in [-0.05, 0) is 12.8 Å². The van der Waals surface area contributed by atoms with E-state index in [-0.39, 0.29) is 0 Å². The Morgan fingerprint density at radius 1 is 1.67 bits per heavy atom. The summed E-state index contributed by atoms with van der Waals surface area (Å²) in [4.78, 5) is 15.1. The van der Waals surface area contributed by atoms with Crippen LogP contribution in [0.1, 0.15) is 31.2 Å². The first kappa shape index (κ1) is 9.39. The summed E-state index contributed by atoms with van der Waals surface area (Å²) in [6.07, 6.45) is 5.07. The fourth-order valence-corrected chi connectivity index (χ4v) is 1.65. The first-order valence-electron chi connectivity index (χ1n) is 4.23. The van der Waals surface area contributed by atoms with Crippen molar-refractivity contribution in [2.24, 2.45) is 0 Å². The number of aromatic nitrogens is 1. The van der Waals surface area contributed by atoms with Gasteiger partial charge in [0.15, 0.2) is 0 Å². The normalized spacial score (nSPS) is 10.1. The van der Waals surface area contributed by atoms with Gasteiger partial charge in [0.25, 0.3) is 0 Å². The molecule has 0 amide bonds. The number of nitrogens with zero attached hydrogens (tertiary/aromatic N) is 1. The van der Waals surface area contributed by atoms with Gasteiger partial charge in [0.1, 0.15) is 5.78 Å². The predicted molar refractivity (Wildman–Crippen MR) is 50.4 cm³/mol. The quantitative estimate of drug-likeness (QED) is 0.701. The van der Waals surface area contributed by atoms with Gasteiger partial charge < -0.3 is 0 Å². The lowest BCUT2D eigenvalue weighted by Crippen LogP contribution is -1.95. The zero-order valence-electron chi connectivity index (χ0n) is 7.25. The molecule has 1 aromatic rings. The van der Waals surface area contributed by atoms with Gasteiger partial charge in [0.2, 0.25) is 0 Å². The summed E-state index contributed by atoms with van der Waals surface area (Å²) < 4.78 is 0. The van der Waals surface area contributed by atoms with Gasteiger partial charge in [-0.3, -0.25) is 4.79 Å². The van der Waals surface area contributed by atoms with Crippen LogP contribution in [-0.2, 0) is 11.2 Å². The van der Waals surface area contributed by atoms with Crippen molar-refractivity contribution in [2.45, 2.75) is 32.6 Å². The molecule has 0 saturated carbocycles. The SMILES string of the molecule is CCC(=O)CCCc1nccs1. The number of hydrogen-bond donors (Lipinski definition) is 0. The van der Waals surface area contributed by atoms with Crippen molar-refractivity contribution in [3.8, 4) is 0 Å². The molecule has 0 aromatic carbocycles. The highest BCUT2D eigenvalue weighted by Crippen LogP contribution is 2.08. The Bertz CT molecular complexity index is 231. The summed E-state index contributed by atoms with van der Waals surface area (Å²) in [6.45, 7) is 1.91. The first-order valence-corrected chi connectivity index (χ1v) is 5.11. The van der Waals surface area contributed by atoms with E-state index in [2.05, 4.69) is 4.98 Å². The van der Waals surface area contributed by atoms with Crippen LogP contribution in [0.4, 0.5) is 0 Å². The summed E-state index contributed by atoms with van der Waals surface area (Å²) in [6, 6.07) is 0. The molecule has 0 fully saturated rings. The molecule has 1 aromatic heterocycles. The standard InChI is InChI=1S/C9H13NOS/c1-2-8(11)4-3-5-9-10-6-7-12-9/h6-7H,2-5H2,1H3. The Morgan fingerprint density at radius 3 is 3.08 bits per heavy atom. The monoisotopic (exact) mass is 183 g/mol. The Balaban J connectivity index is 2.15. The third kappa shape index (κ3) is 3.13. The van der Waals surface area contributed by atoms with Crippen molar-refractivity contribution in [3.05, 3.63) is 16.6 Å². The summed E-state index contributed by atoms with van der Waals surface area (Å²) >= 11 is 1.66. The summed E-state index contributed by atoms with van der Waals surface area (Å²) in [7, 11) is 0. The Morgan fingerprint density at radius 2 is 2.50 bits per heavy atom. The molecule has 2 nitrogen and oxygen atoms in total. The second-order valence-electron chi connectivity index (χ2n) is 2.67. The van der Waals surface area contributed by atoms with Crippen LogP contribution in [0, 0.1) is 0 Å². The summed E-state index contributed by atoms with van der Waals surface area (Å²) in [5, 5.41) is 3.11. The van der Waals surface area contributed by atoms with E-state index in [9.17, 15) is 4.79 Å². The Labute approximate surface area is 76.6 Å². The van der Waals surface area contributed by atoms with Crippen LogP contribution < -0.4 is 0 Å². The summed E-state index contributed by atoms with van der Waals surface area (Å²) in [5.74, 6) is 0.353. The van der Waals surface area contributed by atoms with Gasteiger partial charge in [-0.1, -0.05) is 6.92 Å². The van der Waals surface area contributed by atoms with Crippen LogP contribution in [0.15, 0.2) is 11.6 Å². The highest BCUT2D eigenvalue weighted by atomic mass is 32.1. The number of Topliss-reactive ketones (excluding diaryl/α,β-unsaturated/α-hetero) is 1. The fourth-order valence-electron chi connectivity index (χ4n) is 0.990. The molecule has 0 aliphatic heterocycles. The molecular weight excluding hydrogens is 170 g/mol. The zero-order valence-corrected chi connectivity index (χ0v) is 8.06. The fraction of sp³-hybridized carbons (Fsp3) is 0.556. The van der Waals surface area contributed by atoms with Crippen LogP contribution in [0.3, 0.4) is 0 Å². The zero-order chi connectivity index (χ0) is 8.81. The van der Waals surface area contributed by atoms with Crippen molar-refractivity contribution in [3.63, 3.8) is 0 Å². The second kappa shape index (κ2) is 5.04. The molecular formula is C9H13NOS. The van der Waals surface area contributed by atoms with E-state index in [1.165, 1.54) is 0 Å². The number of ketones is 1. The molecule has 1 heterocycles. The largest absolute Gasteiger partial charge is 0.300 e. The predicted octanol–water partition coefficient (Wildman–Crippen LogP) is 2.44. The molecule has 0 N–H and O–H groups in total. The molecule has 0 aliphatic rings. The van der Waals surface area contributed by atoms with Crippen LogP contribution >= 0.6 is 11.3 Å². The molecule has 1 rings (SSSR count). The van der Waals surface area contributed by atoms with Gasteiger partial charge >= 0.3 is 0 Å². The molecule has 12 heavy (non-hydrogen) atoms. The summed E-state index contributed by atoms with van der Waals surface area (Å²) in [5.41, 5.74) is 0. The van der Waals surface area contributed by atoms with Gasteiger partial charge in [-0.2, -0.15) is 0 Å². The van der Waals surface area contributed by atoms with Crippen LogP contribution in [0.25, 0.3) is 0 Å². The lowest BCUT2D eigenvalue weighted by Gasteiger charge is -1.94. The van der Waals surface area contributed by atoms with E-state index in [1.54, 1.807) is 11.3 Å². The molecule has 66 valence electrons. The highest BCUT2D eigenvalue weighted by molar-refractivity contribution is 7.09. The van der Waals surface area contributed by atoms with Gasteiger partial charge in [-0.25, -0.2) is 4.98 Å². The average molecular weight is 183 g/mol. The van der Waals surface area contributed by atoms with Crippen molar-refractivity contribution in [2.75, 3.05) is 0 Å². The van der Waals surface area contributed by atoms with Gasteiger partial charge in [0.05, 0.1) is 5.01 Å². The van der Waals surface area contributed by atoms with Crippen molar-refractivity contribution >= 4 is 17.1 Å². The van der Waals surface area contributed by atoms with Crippen LogP contribution in [-0.4, -0.2) is 10.8 Å². The van der Waals surface area contributed by atoms with E-state index in [4.69, 9.17) is 0 Å². The number of carbonyl (C=O) groups excluding carboxylic acids is 1. The van der Waals surface area contributed by atoms with E-state index in [1.807, 2.05) is 18.5 Å². The molecule has 0 atom stereocenters. The molecule has 0 aliphatic carbocycles. The molecule has 0 bridgehead atoms. The third-order valence-corrected chi connectivity index (χ3v) is 2.56. The van der Waals surface area contributed by atoms with Crippen molar-refractivity contribution in [1.29, 1.82) is 0 Å². The maximum atomic E-state index is 10.9. The lowest BCUT2D eigenvalue weighted by molar-refractivity contribution is -0.118. The Kier molecular flexibility index (Phi) is 3.94. The smallest absolute Gasteiger partial charge is 0.132 e. The minimum absolute atomic E-state index is 0.353. The van der Waals surface area contributed by atoms with Gasteiger partial charge in [-0.15, -0.1) is 11.3 Å². The van der Waals surface area contributed by atoms with Crippen LogP contribution in [0.2, 0.25) is 0 Å². The average Bonchev–Trinajstić information content (AvgIpc) is 2.57. The number of thiazole rings is 1. The van der Waals surface area contributed by atoms with Crippen molar-refractivity contribution < 1.29 is 4.79 Å². The Hall–Kier alpha value is -0.700. The highest BCUT2D eigenvalue weighted by Gasteiger charge is 1.99. The van der Waals surface area contributed by atoms with Crippen molar-refractivity contribution in [1.82, 2.24) is 4.98 Å². The van der Waals surface area contributed by atoms with E-state index < -0.39 is 0 Å². The number of carbonyl (C=O) groups is 1. The van der Waals surface area contributed by atoms with Crippen LogP contribution in [0.5, 0.6) is 0 Å². The molecule has 0 unspecified atom stereocenters.